The first-order chi connectivity index (χ1) is 9.79. The van der Waals surface area contributed by atoms with Crippen molar-refractivity contribution in [2.45, 2.75) is 12.8 Å². The highest BCUT2D eigenvalue weighted by Gasteiger charge is 2.32. The van der Waals surface area contributed by atoms with Gasteiger partial charge in [-0.25, -0.2) is 0 Å². The fourth-order valence-corrected chi connectivity index (χ4v) is 4.75. The molecule has 1 aliphatic heterocycles. The first-order valence-electron chi connectivity index (χ1n) is 6.25. The molecule has 9 heteroatoms. The van der Waals surface area contributed by atoms with Gasteiger partial charge in [0.15, 0.2) is 0 Å². The molecule has 0 aliphatic carbocycles. The number of nitrogens with zero attached hydrogens (tertiary/aromatic N) is 1. The molecule has 2 rings (SSSR count). The van der Waals surface area contributed by atoms with Crippen molar-refractivity contribution in [3.63, 3.8) is 0 Å². The normalized spacial score (nSPS) is 20.2. The van der Waals surface area contributed by atoms with Crippen molar-refractivity contribution >= 4 is 53.7 Å². The molecule has 116 valence electrons. The van der Waals surface area contributed by atoms with Crippen LogP contribution in [0.3, 0.4) is 0 Å². The number of carboxylic acid groups (broad SMARTS) is 1. The average Bonchev–Trinajstić information content (AvgIpc) is 2.42. The lowest BCUT2D eigenvalue weighted by Crippen LogP contribution is -2.44. The number of rotatable bonds is 4. The van der Waals surface area contributed by atoms with Crippen LogP contribution in [0.25, 0.3) is 0 Å². The van der Waals surface area contributed by atoms with Gasteiger partial charge in [-0.15, -0.1) is 0 Å². The molecule has 0 amide bonds. The molecule has 1 aliphatic rings. The van der Waals surface area contributed by atoms with Crippen molar-refractivity contribution in [2.24, 2.45) is 5.92 Å². The second-order valence-electron chi connectivity index (χ2n) is 4.77. The van der Waals surface area contributed by atoms with Crippen LogP contribution in [-0.2, 0) is 15.0 Å². The maximum Gasteiger partial charge on any atom is 0.307 e. The summed E-state index contributed by atoms with van der Waals surface area (Å²) in [7, 11) is -3.76. The summed E-state index contributed by atoms with van der Waals surface area (Å²) in [4.78, 5) is 11.0. The molecule has 1 atom stereocenters. The van der Waals surface area contributed by atoms with Crippen LogP contribution in [-0.4, -0.2) is 36.9 Å². The van der Waals surface area contributed by atoms with Gasteiger partial charge in [-0.05, 0) is 47.0 Å². The van der Waals surface area contributed by atoms with Gasteiger partial charge in [0.2, 0.25) is 0 Å². The standard InChI is InChI=1S/C12H14Br2N2O4S/c13-9-3-4-11(10(14)6-9)15-21(19,20)16-5-1-2-8(7-16)12(17)18/h3-4,6,8,15H,1-2,5,7H2,(H,17,18). The number of carbonyl (C=O) groups is 1. The van der Waals surface area contributed by atoms with Gasteiger partial charge in [-0.3, -0.25) is 9.52 Å². The van der Waals surface area contributed by atoms with Crippen LogP contribution in [0.1, 0.15) is 12.8 Å². The summed E-state index contributed by atoms with van der Waals surface area (Å²) < 4.78 is 29.8. The van der Waals surface area contributed by atoms with Crippen LogP contribution in [0.5, 0.6) is 0 Å². The van der Waals surface area contributed by atoms with Crippen LogP contribution >= 0.6 is 31.9 Å². The van der Waals surface area contributed by atoms with Gasteiger partial charge in [0, 0.05) is 22.0 Å². The van der Waals surface area contributed by atoms with E-state index in [4.69, 9.17) is 5.11 Å². The fourth-order valence-electron chi connectivity index (χ4n) is 2.14. The van der Waals surface area contributed by atoms with Crippen LogP contribution in [0.15, 0.2) is 27.1 Å². The largest absolute Gasteiger partial charge is 0.481 e. The lowest BCUT2D eigenvalue weighted by Gasteiger charge is -2.30. The Bertz CT molecular complexity index is 651. The molecular formula is C12H14Br2N2O4S. The number of halogens is 2. The van der Waals surface area contributed by atoms with Crippen molar-refractivity contribution in [3.05, 3.63) is 27.1 Å². The van der Waals surface area contributed by atoms with Crippen LogP contribution in [0, 0.1) is 5.92 Å². The van der Waals surface area contributed by atoms with E-state index in [1.165, 1.54) is 4.31 Å². The van der Waals surface area contributed by atoms with Crippen LogP contribution in [0.2, 0.25) is 0 Å². The van der Waals surface area contributed by atoms with E-state index >= 15 is 0 Å². The highest BCUT2D eigenvalue weighted by atomic mass is 79.9. The number of nitrogens with one attached hydrogen (secondary N) is 1. The summed E-state index contributed by atoms with van der Waals surface area (Å²) in [6, 6.07) is 5.08. The molecular weight excluding hydrogens is 428 g/mol. The second-order valence-corrected chi connectivity index (χ2v) is 8.21. The Hall–Kier alpha value is -0.640. The summed E-state index contributed by atoms with van der Waals surface area (Å²) in [5, 5.41) is 9.03. The third-order valence-corrected chi connectivity index (χ3v) is 5.88. The van der Waals surface area contributed by atoms with Gasteiger partial charge in [-0.1, -0.05) is 15.9 Å². The average molecular weight is 442 g/mol. The van der Waals surface area contributed by atoms with E-state index < -0.39 is 22.1 Å². The molecule has 1 saturated heterocycles. The van der Waals surface area contributed by atoms with Crippen molar-refractivity contribution in [1.82, 2.24) is 4.31 Å². The molecule has 0 spiro atoms. The lowest BCUT2D eigenvalue weighted by atomic mass is 10.0. The van der Waals surface area contributed by atoms with E-state index in [1.807, 2.05) is 0 Å². The van der Waals surface area contributed by atoms with Gasteiger partial charge in [0.25, 0.3) is 0 Å². The number of aliphatic carboxylic acids is 1. The zero-order valence-electron chi connectivity index (χ0n) is 10.9. The van der Waals surface area contributed by atoms with E-state index in [1.54, 1.807) is 18.2 Å². The Labute approximate surface area is 140 Å². The van der Waals surface area contributed by atoms with E-state index in [0.717, 1.165) is 4.47 Å². The molecule has 1 unspecified atom stereocenters. The summed E-state index contributed by atoms with van der Waals surface area (Å²) >= 11 is 6.58. The third-order valence-electron chi connectivity index (χ3n) is 3.24. The number of hydrogen-bond donors (Lipinski definition) is 2. The minimum atomic E-state index is -3.76. The van der Waals surface area contributed by atoms with Crippen LogP contribution < -0.4 is 4.72 Å². The molecule has 0 aromatic heterocycles. The number of piperidine rings is 1. The van der Waals surface area contributed by atoms with E-state index in [0.29, 0.717) is 29.5 Å². The molecule has 6 nitrogen and oxygen atoms in total. The van der Waals surface area contributed by atoms with Gasteiger partial charge in [0.1, 0.15) is 0 Å². The molecule has 2 N–H and O–H groups in total. The predicted octanol–water partition coefficient (Wildman–Crippen LogP) is 2.66. The topological polar surface area (TPSA) is 86.7 Å². The lowest BCUT2D eigenvalue weighted by molar-refractivity contribution is -0.142. The summed E-state index contributed by atoms with van der Waals surface area (Å²) in [5.41, 5.74) is 0.413. The molecule has 0 radical (unpaired) electrons. The first-order valence-corrected chi connectivity index (χ1v) is 9.28. The first kappa shape index (κ1) is 16.7. The number of benzene rings is 1. The minimum Gasteiger partial charge on any atom is -0.481 e. The van der Waals surface area contributed by atoms with E-state index in [2.05, 4.69) is 36.6 Å². The quantitative estimate of drug-likeness (QED) is 0.751. The molecule has 21 heavy (non-hydrogen) atoms. The second kappa shape index (κ2) is 6.64. The Morgan fingerprint density at radius 3 is 2.71 bits per heavy atom. The molecule has 1 aromatic rings. The van der Waals surface area contributed by atoms with Crippen molar-refractivity contribution in [3.8, 4) is 0 Å². The maximum absolute atomic E-state index is 12.3. The monoisotopic (exact) mass is 440 g/mol. The Morgan fingerprint density at radius 2 is 2.10 bits per heavy atom. The van der Waals surface area contributed by atoms with Crippen molar-refractivity contribution in [1.29, 1.82) is 0 Å². The van der Waals surface area contributed by atoms with Crippen LogP contribution in [0.4, 0.5) is 5.69 Å². The van der Waals surface area contributed by atoms with Gasteiger partial charge in [0.05, 0.1) is 11.6 Å². The Morgan fingerprint density at radius 1 is 1.38 bits per heavy atom. The third kappa shape index (κ3) is 4.18. The molecule has 1 heterocycles. The smallest absolute Gasteiger partial charge is 0.307 e. The highest BCUT2D eigenvalue weighted by Crippen LogP contribution is 2.28. The van der Waals surface area contributed by atoms with Gasteiger partial charge in [-0.2, -0.15) is 12.7 Å². The molecule has 1 aromatic carbocycles. The highest BCUT2D eigenvalue weighted by molar-refractivity contribution is 9.11. The van der Waals surface area contributed by atoms with E-state index in [-0.39, 0.29) is 6.54 Å². The predicted molar refractivity (Wildman–Crippen MR) is 86.3 cm³/mol. The van der Waals surface area contributed by atoms with Gasteiger partial charge < -0.3 is 5.11 Å². The molecule has 0 bridgehead atoms. The zero-order valence-corrected chi connectivity index (χ0v) is 14.9. The number of carboxylic acids is 1. The van der Waals surface area contributed by atoms with Crippen molar-refractivity contribution < 1.29 is 18.3 Å². The molecule has 0 saturated carbocycles. The summed E-state index contributed by atoms with van der Waals surface area (Å²) in [6.45, 7) is 0.325. The Balaban J connectivity index is 2.16. The number of anilines is 1. The maximum atomic E-state index is 12.3. The van der Waals surface area contributed by atoms with Crippen molar-refractivity contribution in [2.75, 3.05) is 17.8 Å². The summed E-state index contributed by atoms with van der Waals surface area (Å²) in [5.74, 6) is -1.61. The zero-order chi connectivity index (χ0) is 15.6. The fraction of sp³-hybridized carbons (Fsp3) is 0.417. The van der Waals surface area contributed by atoms with E-state index in [9.17, 15) is 13.2 Å². The minimum absolute atomic E-state index is 0.00118. The SMILES string of the molecule is O=C(O)C1CCCN(S(=O)(=O)Nc2ccc(Br)cc2Br)C1. The molecule has 1 fully saturated rings. The Kier molecular flexibility index (Phi) is 5.29. The van der Waals surface area contributed by atoms with Gasteiger partial charge >= 0.3 is 16.2 Å². The summed E-state index contributed by atoms with van der Waals surface area (Å²) in [6.07, 6.45) is 1.04. The number of hydrogen-bond acceptors (Lipinski definition) is 3.